The average Bonchev–Trinajstić information content (AvgIpc) is 2.54. The van der Waals surface area contributed by atoms with E-state index in [9.17, 15) is 0 Å². The maximum absolute atomic E-state index is 8.76. The van der Waals surface area contributed by atoms with Gasteiger partial charge in [-0.25, -0.2) is 0 Å². The van der Waals surface area contributed by atoms with Crippen LogP contribution in [0.25, 0.3) is 0 Å². The van der Waals surface area contributed by atoms with Crippen LogP contribution in [-0.2, 0) is 0 Å². The summed E-state index contributed by atoms with van der Waals surface area (Å²) < 4.78 is 0. The van der Waals surface area contributed by atoms with Gasteiger partial charge in [-0.3, -0.25) is 4.90 Å². The number of nitrogens with zero attached hydrogens (tertiary/aromatic N) is 1. The van der Waals surface area contributed by atoms with Crippen molar-refractivity contribution in [2.24, 2.45) is 0 Å². The average molecular weight is 292 g/mol. The number of unbranched alkanes of at least 4 members (excludes halogenated alkanes) is 3. The molecule has 0 heterocycles. The van der Waals surface area contributed by atoms with Gasteiger partial charge in [0.1, 0.15) is 0 Å². The van der Waals surface area contributed by atoms with Crippen LogP contribution in [0.4, 0.5) is 0 Å². The number of hydrogen-bond acceptors (Lipinski definition) is 3. The summed E-state index contributed by atoms with van der Waals surface area (Å²) >= 11 is 0. The molecule has 0 saturated heterocycles. The highest BCUT2D eigenvalue weighted by molar-refractivity contribution is 5.19. The Balaban J connectivity index is 2.40. The standard InChI is InChI=1S/C18H32N2O/c1-3-20(4-2)18(17-12-8-7-9-13-17)16-19-14-10-5-6-11-15-21/h7-9,12-13,18-19,21H,3-6,10-11,14-16H2,1-2H3. The molecule has 0 aromatic heterocycles. The van der Waals surface area contributed by atoms with Crippen molar-refractivity contribution >= 4 is 0 Å². The van der Waals surface area contributed by atoms with Crippen LogP contribution in [0, 0.1) is 0 Å². The second-order valence-corrected chi connectivity index (χ2v) is 5.49. The molecule has 0 amide bonds. The Morgan fingerprint density at radius 3 is 2.29 bits per heavy atom. The molecule has 1 atom stereocenters. The van der Waals surface area contributed by atoms with Crippen molar-refractivity contribution in [1.82, 2.24) is 10.2 Å². The van der Waals surface area contributed by atoms with E-state index in [1.165, 1.54) is 18.4 Å². The fourth-order valence-corrected chi connectivity index (χ4v) is 2.75. The molecule has 1 aromatic carbocycles. The van der Waals surface area contributed by atoms with Gasteiger partial charge >= 0.3 is 0 Å². The summed E-state index contributed by atoms with van der Waals surface area (Å²) in [6, 6.07) is 11.2. The molecule has 1 rings (SSSR count). The molecule has 0 aliphatic heterocycles. The first-order chi connectivity index (χ1) is 10.3. The fourth-order valence-electron chi connectivity index (χ4n) is 2.75. The molecule has 0 bridgehead atoms. The first-order valence-corrected chi connectivity index (χ1v) is 8.44. The lowest BCUT2D eigenvalue weighted by molar-refractivity contribution is 0.213. The van der Waals surface area contributed by atoms with Crippen molar-refractivity contribution < 1.29 is 5.11 Å². The monoisotopic (exact) mass is 292 g/mol. The minimum atomic E-state index is 0.325. The predicted octanol–water partition coefficient (Wildman–Crippen LogP) is 3.21. The molecule has 1 unspecified atom stereocenters. The molecule has 0 spiro atoms. The number of aliphatic hydroxyl groups is 1. The zero-order valence-electron chi connectivity index (χ0n) is 13.7. The Bertz CT molecular complexity index is 338. The summed E-state index contributed by atoms with van der Waals surface area (Å²) in [7, 11) is 0. The topological polar surface area (TPSA) is 35.5 Å². The summed E-state index contributed by atoms with van der Waals surface area (Å²) in [4.78, 5) is 2.51. The van der Waals surface area contributed by atoms with Gasteiger partial charge in [0.15, 0.2) is 0 Å². The van der Waals surface area contributed by atoms with E-state index in [1.54, 1.807) is 0 Å². The van der Waals surface area contributed by atoms with Crippen molar-refractivity contribution in [1.29, 1.82) is 0 Å². The second-order valence-electron chi connectivity index (χ2n) is 5.49. The Hall–Kier alpha value is -0.900. The van der Waals surface area contributed by atoms with Crippen LogP contribution in [0.2, 0.25) is 0 Å². The molecule has 0 fully saturated rings. The van der Waals surface area contributed by atoms with Gasteiger partial charge in [-0.2, -0.15) is 0 Å². The third kappa shape index (κ3) is 7.07. The van der Waals surface area contributed by atoms with E-state index in [0.29, 0.717) is 12.6 Å². The van der Waals surface area contributed by atoms with Crippen LogP contribution in [0.5, 0.6) is 0 Å². The summed E-state index contributed by atoms with van der Waals surface area (Å²) in [5.74, 6) is 0. The van der Waals surface area contributed by atoms with Crippen LogP contribution in [0.15, 0.2) is 30.3 Å². The molecule has 2 N–H and O–H groups in total. The Morgan fingerprint density at radius 1 is 1.00 bits per heavy atom. The van der Waals surface area contributed by atoms with E-state index in [2.05, 4.69) is 54.4 Å². The van der Waals surface area contributed by atoms with E-state index in [0.717, 1.165) is 39.0 Å². The molecular weight excluding hydrogens is 260 g/mol. The third-order valence-corrected chi connectivity index (χ3v) is 4.04. The van der Waals surface area contributed by atoms with Crippen LogP contribution in [0.1, 0.15) is 51.1 Å². The molecule has 0 radical (unpaired) electrons. The third-order valence-electron chi connectivity index (χ3n) is 4.04. The lowest BCUT2D eigenvalue weighted by atomic mass is 10.0. The SMILES string of the molecule is CCN(CC)C(CNCCCCCCO)c1ccccc1. The number of rotatable bonds is 12. The van der Waals surface area contributed by atoms with Crippen molar-refractivity contribution in [3.05, 3.63) is 35.9 Å². The number of likely N-dealkylation sites (N-methyl/N-ethyl adjacent to an activating group) is 1. The van der Waals surface area contributed by atoms with E-state index >= 15 is 0 Å². The summed E-state index contributed by atoms with van der Waals surface area (Å²) in [6.45, 7) is 9.01. The van der Waals surface area contributed by atoms with Crippen LogP contribution in [0.3, 0.4) is 0 Å². The lowest BCUT2D eigenvalue weighted by Gasteiger charge is -2.30. The van der Waals surface area contributed by atoms with Gasteiger partial charge in [-0.05, 0) is 38.0 Å². The van der Waals surface area contributed by atoms with Gasteiger partial charge in [-0.15, -0.1) is 0 Å². The van der Waals surface area contributed by atoms with E-state index in [1.807, 2.05) is 0 Å². The maximum atomic E-state index is 8.76. The molecular formula is C18H32N2O. The first-order valence-electron chi connectivity index (χ1n) is 8.44. The number of benzene rings is 1. The highest BCUT2D eigenvalue weighted by Gasteiger charge is 2.16. The first kappa shape index (κ1) is 18.1. The van der Waals surface area contributed by atoms with E-state index in [-0.39, 0.29) is 0 Å². The highest BCUT2D eigenvalue weighted by Crippen LogP contribution is 2.19. The molecule has 3 nitrogen and oxygen atoms in total. The summed E-state index contributed by atoms with van der Waals surface area (Å²) in [5, 5.41) is 12.4. The minimum Gasteiger partial charge on any atom is -0.396 e. The summed E-state index contributed by atoms with van der Waals surface area (Å²) in [5.41, 5.74) is 1.40. The van der Waals surface area contributed by atoms with Gasteiger partial charge in [0.05, 0.1) is 0 Å². The van der Waals surface area contributed by atoms with Crippen LogP contribution in [-0.4, -0.2) is 42.8 Å². The largest absolute Gasteiger partial charge is 0.396 e. The number of aliphatic hydroxyl groups excluding tert-OH is 1. The normalized spacial score (nSPS) is 12.8. The van der Waals surface area contributed by atoms with Gasteiger partial charge in [0, 0.05) is 19.2 Å². The van der Waals surface area contributed by atoms with Crippen LogP contribution >= 0.6 is 0 Å². The minimum absolute atomic E-state index is 0.325. The molecule has 1 aromatic rings. The van der Waals surface area contributed by atoms with Crippen molar-refractivity contribution in [2.45, 2.75) is 45.6 Å². The maximum Gasteiger partial charge on any atom is 0.0472 e. The Labute approximate surface area is 130 Å². The lowest BCUT2D eigenvalue weighted by Crippen LogP contribution is -2.36. The molecule has 120 valence electrons. The Kier molecular flexibility index (Phi) is 10.1. The molecule has 3 heteroatoms. The molecule has 21 heavy (non-hydrogen) atoms. The van der Waals surface area contributed by atoms with Crippen molar-refractivity contribution in [3.8, 4) is 0 Å². The smallest absolute Gasteiger partial charge is 0.0472 e. The van der Waals surface area contributed by atoms with Gasteiger partial charge in [0.25, 0.3) is 0 Å². The molecule has 0 aliphatic rings. The second kappa shape index (κ2) is 11.7. The number of hydrogen-bond donors (Lipinski definition) is 2. The molecule has 0 aliphatic carbocycles. The number of nitrogens with one attached hydrogen (secondary N) is 1. The fraction of sp³-hybridized carbons (Fsp3) is 0.667. The Morgan fingerprint density at radius 2 is 1.67 bits per heavy atom. The molecule has 0 saturated carbocycles. The van der Waals surface area contributed by atoms with Crippen LogP contribution < -0.4 is 5.32 Å². The van der Waals surface area contributed by atoms with Crippen molar-refractivity contribution in [2.75, 3.05) is 32.8 Å². The van der Waals surface area contributed by atoms with E-state index < -0.39 is 0 Å². The van der Waals surface area contributed by atoms with E-state index in [4.69, 9.17) is 5.11 Å². The van der Waals surface area contributed by atoms with Gasteiger partial charge in [0.2, 0.25) is 0 Å². The highest BCUT2D eigenvalue weighted by atomic mass is 16.2. The quantitative estimate of drug-likeness (QED) is 0.581. The van der Waals surface area contributed by atoms with Crippen molar-refractivity contribution in [3.63, 3.8) is 0 Å². The van der Waals surface area contributed by atoms with Gasteiger partial charge < -0.3 is 10.4 Å². The summed E-state index contributed by atoms with van der Waals surface area (Å²) in [6.07, 6.45) is 4.47. The zero-order valence-corrected chi connectivity index (χ0v) is 13.7. The predicted molar refractivity (Wildman–Crippen MR) is 90.5 cm³/mol. The zero-order chi connectivity index (χ0) is 15.3. The van der Waals surface area contributed by atoms with Gasteiger partial charge in [-0.1, -0.05) is 57.0 Å².